The zero-order chi connectivity index (χ0) is 15.3. The Morgan fingerprint density at radius 1 is 1.29 bits per heavy atom. The van der Waals surface area contributed by atoms with Crippen molar-refractivity contribution in [2.24, 2.45) is 5.92 Å². The van der Waals surface area contributed by atoms with Crippen LogP contribution in [-0.4, -0.2) is 41.3 Å². The second kappa shape index (κ2) is 7.35. The molecule has 2 rings (SSSR count). The van der Waals surface area contributed by atoms with Crippen LogP contribution in [-0.2, 0) is 21.2 Å². The zero-order valence-corrected chi connectivity index (χ0v) is 13.4. The molecule has 0 aliphatic carbocycles. The summed E-state index contributed by atoms with van der Waals surface area (Å²) in [4.78, 5) is 0.322. The van der Waals surface area contributed by atoms with Crippen LogP contribution < -0.4 is 10.0 Å². The van der Waals surface area contributed by atoms with Gasteiger partial charge in [-0.25, -0.2) is 13.1 Å². The first kappa shape index (κ1) is 16.4. The maximum Gasteiger partial charge on any atom is 0.240 e. The SMILES string of the molecule is CNCCc1ccc(S(=O)(=O)NCC2CCOC2C)cc1. The van der Waals surface area contributed by atoms with Crippen molar-refractivity contribution in [3.63, 3.8) is 0 Å². The smallest absolute Gasteiger partial charge is 0.240 e. The van der Waals surface area contributed by atoms with Crippen LogP contribution in [0.1, 0.15) is 18.9 Å². The molecule has 1 fully saturated rings. The highest BCUT2D eigenvalue weighted by Crippen LogP contribution is 2.20. The molecule has 0 radical (unpaired) electrons. The lowest BCUT2D eigenvalue weighted by Gasteiger charge is -2.15. The highest BCUT2D eigenvalue weighted by Gasteiger charge is 2.26. The summed E-state index contributed by atoms with van der Waals surface area (Å²) in [7, 11) is -1.53. The summed E-state index contributed by atoms with van der Waals surface area (Å²) in [5, 5.41) is 3.07. The highest BCUT2D eigenvalue weighted by atomic mass is 32.2. The fraction of sp³-hybridized carbons (Fsp3) is 0.600. The number of ether oxygens (including phenoxy) is 1. The van der Waals surface area contributed by atoms with Gasteiger partial charge in [0.05, 0.1) is 11.0 Å². The van der Waals surface area contributed by atoms with Gasteiger partial charge in [0.1, 0.15) is 0 Å². The lowest BCUT2D eigenvalue weighted by molar-refractivity contribution is 0.107. The molecular formula is C15H24N2O3S. The minimum absolute atomic E-state index is 0.122. The molecule has 0 bridgehead atoms. The molecule has 1 aromatic rings. The molecule has 0 aromatic heterocycles. The highest BCUT2D eigenvalue weighted by molar-refractivity contribution is 7.89. The Hall–Kier alpha value is -0.950. The van der Waals surface area contributed by atoms with Gasteiger partial charge in [-0.15, -0.1) is 0 Å². The van der Waals surface area contributed by atoms with E-state index in [9.17, 15) is 8.42 Å². The molecule has 1 aliphatic heterocycles. The molecule has 0 spiro atoms. The summed E-state index contributed by atoms with van der Waals surface area (Å²) < 4.78 is 32.7. The number of sulfonamides is 1. The molecular weight excluding hydrogens is 288 g/mol. The van der Waals surface area contributed by atoms with E-state index in [0.717, 1.165) is 24.9 Å². The van der Waals surface area contributed by atoms with Crippen molar-refractivity contribution in [3.8, 4) is 0 Å². The van der Waals surface area contributed by atoms with E-state index in [1.54, 1.807) is 12.1 Å². The molecule has 6 heteroatoms. The molecule has 1 heterocycles. The van der Waals surface area contributed by atoms with E-state index >= 15 is 0 Å². The average molecular weight is 312 g/mol. The van der Waals surface area contributed by atoms with E-state index in [2.05, 4.69) is 10.0 Å². The molecule has 1 aromatic carbocycles. The average Bonchev–Trinajstić information content (AvgIpc) is 2.89. The molecule has 21 heavy (non-hydrogen) atoms. The zero-order valence-electron chi connectivity index (χ0n) is 12.6. The number of rotatable bonds is 7. The van der Waals surface area contributed by atoms with Crippen molar-refractivity contribution < 1.29 is 13.2 Å². The summed E-state index contributed by atoms with van der Waals surface area (Å²) in [6, 6.07) is 7.07. The fourth-order valence-corrected chi connectivity index (χ4v) is 3.54. The number of benzene rings is 1. The minimum atomic E-state index is -3.43. The quantitative estimate of drug-likeness (QED) is 0.792. The summed E-state index contributed by atoms with van der Waals surface area (Å²) in [6.07, 6.45) is 1.92. The van der Waals surface area contributed by atoms with Crippen LogP contribution in [0.5, 0.6) is 0 Å². The predicted octanol–water partition coefficient (Wildman–Crippen LogP) is 1.15. The Morgan fingerprint density at radius 3 is 2.57 bits per heavy atom. The Bertz CT molecular complexity index is 543. The van der Waals surface area contributed by atoms with Gasteiger partial charge in [-0.05, 0) is 51.1 Å². The monoisotopic (exact) mass is 312 g/mol. The third-order valence-corrected chi connectivity index (χ3v) is 5.41. The van der Waals surface area contributed by atoms with E-state index in [1.165, 1.54) is 0 Å². The van der Waals surface area contributed by atoms with E-state index in [-0.39, 0.29) is 12.0 Å². The molecule has 2 unspecified atom stereocenters. The molecule has 118 valence electrons. The first-order chi connectivity index (χ1) is 10.0. The van der Waals surface area contributed by atoms with E-state index in [1.807, 2.05) is 26.1 Å². The molecule has 1 aliphatic rings. The summed E-state index contributed by atoms with van der Waals surface area (Å²) in [6.45, 7) is 4.02. The Balaban J connectivity index is 1.95. The van der Waals surface area contributed by atoms with Crippen LogP contribution in [0.3, 0.4) is 0 Å². The molecule has 2 atom stereocenters. The van der Waals surface area contributed by atoms with Crippen molar-refractivity contribution in [1.82, 2.24) is 10.0 Å². The second-order valence-electron chi connectivity index (χ2n) is 5.47. The van der Waals surface area contributed by atoms with Crippen LogP contribution in [0.4, 0.5) is 0 Å². The number of likely N-dealkylation sites (N-methyl/N-ethyl adjacent to an activating group) is 1. The van der Waals surface area contributed by atoms with Crippen molar-refractivity contribution in [2.75, 3.05) is 26.7 Å². The van der Waals surface area contributed by atoms with E-state index < -0.39 is 10.0 Å². The van der Waals surface area contributed by atoms with Gasteiger partial charge < -0.3 is 10.1 Å². The molecule has 0 saturated carbocycles. The summed E-state index contributed by atoms with van der Waals surface area (Å²) in [5.74, 6) is 0.259. The van der Waals surface area contributed by atoms with Crippen LogP contribution in [0.25, 0.3) is 0 Å². The van der Waals surface area contributed by atoms with Crippen LogP contribution in [0, 0.1) is 5.92 Å². The van der Waals surface area contributed by atoms with Gasteiger partial charge in [-0.1, -0.05) is 12.1 Å². The number of nitrogens with one attached hydrogen (secondary N) is 2. The summed E-state index contributed by atoms with van der Waals surface area (Å²) in [5.41, 5.74) is 1.13. The molecule has 1 saturated heterocycles. The molecule has 5 nitrogen and oxygen atoms in total. The third kappa shape index (κ3) is 4.51. The lowest BCUT2D eigenvalue weighted by Crippen LogP contribution is -2.32. The van der Waals surface area contributed by atoms with Crippen molar-refractivity contribution in [1.29, 1.82) is 0 Å². The van der Waals surface area contributed by atoms with Crippen molar-refractivity contribution in [2.45, 2.75) is 30.8 Å². The molecule has 0 amide bonds. The topological polar surface area (TPSA) is 67.4 Å². The van der Waals surface area contributed by atoms with Gasteiger partial charge in [0, 0.05) is 19.1 Å². The second-order valence-corrected chi connectivity index (χ2v) is 7.24. The van der Waals surface area contributed by atoms with Crippen LogP contribution in [0.2, 0.25) is 0 Å². The van der Waals surface area contributed by atoms with Gasteiger partial charge in [-0.3, -0.25) is 0 Å². The van der Waals surface area contributed by atoms with E-state index in [4.69, 9.17) is 4.74 Å². The largest absolute Gasteiger partial charge is 0.378 e. The normalized spacial score (nSPS) is 22.6. The first-order valence-corrected chi connectivity index (χ1v) is 8.86. The minimum Gasteiger partial charge on any atom is -0.378 e. The maximum absolute atomic E-state index is 12.3. The predicted molar refractivity (Wildman–Crippen MR) is 82.8 cm³/mol. The van der Waals surface area contributed by atoms with E-state index in [0.29, 0.717) is 18.0 Å². The van der Waals surface area contributed by atoms with Crippen molar-refractivity contribution in [3.05, 3.63) is 29.8 Å². The number of hydrogen-bond acceptors (Lipinski definition) is 4. The van der Waals surface area contributed by atoms with Gasteiger partial charge in [-0.2, -0.15) is 0 Å². The number of hydrogen-bond donors (Lipinski definition) is 2. The third-order valence-electron chi connectivity index (χ3n) is 3.97. The van der Waals surface area contributed by atoms with Crippen LogP contribution in [0.15, 0.2) is 29.2 Å². The van der Waals surface area contributed by atoms with Gasteiger partial charge in [0.2, 0.25) is 10.0 Å². The fourth-order valence-electron chi connectivity index (χ4n) is 2.45. The van der Waals surface area contributed by atoms with Gasteiger partial charge in [0.15, 0.2) is 0 Å². The Morgan fingerprint density at radius 2 is 2.00 bits per heavy atom. The summed E-state index contributed by atoms with van der Waals surface area (Å²) >= 11 is 0. The van der Waals surface area contributed by atoms with Gasteiger partial charge >= 0.3 is 0 Å². The Labute approximate surface area is 127 Å². The van der Waals surface area contributed by atoms with Gasteiger partial charge in [0.25, 0.3) is 0 Å². The van der Waals surface area contributed by atoms with Crippen LogP contribution >= 0.6 is 0 Å². The Kier molecular flexibility index (Phi) is 5.75. The van der Waals surface area contributed by atoms with Crippen molar-refractivity contribution >= 4 is 10.0 Å². The maximum atomic E-state index is 12.3. The standard InChI is InChI=1S/C15H24N2O3S/c1-12-14(8-10-20-12)11-17-21(18,19)15-5-3-13(4-6-15)7-9-16-2/h3-6,12,14,16-17H,7-11H2,1-2H3. The molecule has 2 N–H and O–H groups in total. The first-order valence-electron chi connectivity index (χ1n) is 7.38. The lowest BCUT2D eigenvalue weighted by atomic mass is 10.0.